The first-order valence-corrected chi connectivity index (χ1v) is 7.23. The molecule has 0 aliphatic carbocycles. The summed E-state index contributed by atoms with van der Waals surface area (Å²) in [5.74, 6) is -0.0115. The lowest BCUT2D eigenvalue weighted by Gasteiger charge is -2.13. The van der Waals surface area contributed by atoms with Gasteiger partial charge in [0.25, 0.3) is 5.09 Å². The second-order valence-corrected chi connectivity index (χ2v) is 4.88. The fraction of sp³-hybridized carbons (Fsp3) is 0.125. The molecular formula is C16H20N6O3. The van der Waals surface area contributed by atoms with Crippen LogP contribution in [0, 0.1) is 10.1 Å². The van der Waals surface area contributed by atoms with E-state index in [2.05, 4.69) is 22.1 Å². The zero-order valence-corrected chi connectivity index (χ0v) is 13.4. The summed E-state index contributed by atoms with van der Waals surface area (Å²) in [4.78, 5) is 16.6. The van der Waals surface area contributed by atoms with Crippen LogP contribution in [0.15, 0.2) is 70.6 Å². The molecule has 0 saturated carbocycles. The number of hydrogen-bond acceptors (Lipinski definition) is 3. The summed E-state index contributed by atoms with van der Waals surface area (Å²) in [6.45, 7) is 0. The SMILES string of the molecule is NC(N)=NC(N)=NC(Cc1ccccc1)c1ccccc1.O=[N+]([O-])O. The van der Waals surface area contributed by atoms with Gasteiger partial charge in [-0.05, 0) is 17.5 Å². The van der Waals surface area contributed by atoms with Gasteiger partial charge in [0.2, 0.25) is 5.96 Å². The van der Waals surface area contributed by atoms with Gasteiger partial charge < -0.3 is 22.4 Å². The van der Waals surface area contributed by atoms with Crippen LogP contribution in [0.1, 0.15) is 17.2 Å². The Bertz CT molecular complexity index is 711. The number of guanidine groups is 2. The standard InChI is InChI=1S/C16H19N5.HNO3/c17-15(18)21-16(19)20-14(13-9-5-2-6-10-13)11-12-7-3-1-4-8-12;2-1(3)4/h1-10,14H,11H2,(H6,17,18,19,20,21);(H,2,3,4). The second-order valence-electron chi connectivity index (χ2n) is 4.88. The van der Waals surface area contributed by atoms with Crippen molar-refractivity contribution in [2.24, 2.45) is 27.2 Å². The van der Waals surface area contributed by atoms with Crippen molar-refractivity contribution in [3.63, 3.8) is 0 Å². The molecule has 0 bridgehead atoms. The molecule has 2 aromatic carbocycles. The summed E-state index contributed by atoms with van der Waals surface area (Å²) in [6.07, 6.45) is 0.728. The first-order chi connectivity index (χ1) is 11.9. The molecule has 9 heteroatoms. The van der Waals surface area contributed by atoms with Crippen LogP contribution in [0.5, 0.6) is 0 Å². The molecule has 7 N–H and O–H groups in total. The maximum Gasteiger partial charge on any atom is 0.291 e. The van der Waals surface area contributed by atoms with Crippen LogP contribution in [-0.4, -0.2) is 22.2 Å². The molecule has 1 unspecified atom stereocenters. The van der Waals surface area contributed by atoms with Crippen molar-refractivity contribution in [2.75, 3.05) is 0 Å². The Morgan fingerprint density at radius 1 is 1.04 bits per heavy atom. The Morgan fingerprint density at radius 2 is 1.52 bits per heavy atom. The quantitative estimate of drug-likeness (QED) is 0.281. The molecule has 0 spiro atoms. The third-order valence-corrected chi connectivity index (χ3v) is 2.99. The van der Waals surface area contributed by atoms with Crippen LogP contribution in [0.4, 0.5) is 0 Å². The van der Waals surface area contributed by atoms with Gasteiger partial charge in [-0.1, -0.05) is 60.7 Å². The largest absolute Gasteiger partial charge is 0.370 e. The number of nitrogens with two attached hydrogens (primary N) is 3. The van der Waals surface area contributed by atoms with E-state index < -0.39 is 5.09 Å². The first kappa shape index (κ1) is 19.4. The van der Waals surface area contributed by atoms with Crippen molar-refractivity contribution in [2.45, 2.75) is 12.5 Å². The van der Waals surface area contributed by atoms with Crippen molar-refractivity contribution >= 4 is 11.9 Å². The predicted molar refractivity (Wildman–Crippen MR) is 95.5 cm³/mol. The molecule has 0 aromatic heterocycles. The summed E-state index contributed by atoms with van der Waals surface area (Å²) < 4.78 is 0. The molecule has 0 aliphatic rings. The third kappa shape index (κ3) is 8.55. The van der Waals surface area contributed by atoms with E-state index in [4.69, 9.17) is 32.5 Å². The van der Waals surface area contributed by atoms with E-state index in [1.54, 1.807) is 0 Å². The fourth-order valence-electron chi connectivity index (χ4n) is 2.07. The van der Waals surface area contributed by atoms with Crippen molar-refractivity contribution in [1.29, 1.82) is 0 Å². The van der Waals surface area contributed by atoms with Crippen LogP contribution >= 0.6 is 0 Å². The summed E-state index contributed by atoms with van der Waals surface area (Å²) >= 11 is 0. The highest BCUT2D eigenvalue weighted by atomic mass is 16.9. The normalized spacial score (nSPS) is 11.6. The van der Waals surface area contributed by atoms with Gasteiger partial charge in [0.15, 0.2) is 5.96 Å². The highest BCUT2D eigenvalue weighted by Gasteiger charge is 2.11. The van der Waals surface area contributed by atoms with E-state index in [1.165, 1.54) is 5.56 Å². The number of rotatable bonds is 4. The third-order valence-electron chi connectivity index (χ3n) is 2.99. The number of hydrogen-bond donors (Lipinski definition) is 4. The van der Waals surface area contributed by atoms with Crippen molar-refractivity contribution < 1.29 is 10.3 Å². The molecule has 0 radical (unpaired) electrons. The minimum Gasteiger partial charge on any atom is -0.370 e. The Morgan fingerprint density at radius 3 is 2.00 bits per heavy atom. The molecule has 0 heterocycles. The molecule has 1 atom stereocenters. The molecule has 2 aromatic rings. The zero-order chi connectivity index (χ0) is 18.7. The fourth-order valence-corrected chi connectivity index (χ4v) is 2.07. The van der Waals surface area contributed by atoms with Gasteiger partial charge in [-0.15, -0.1) is 10.1 Å². The second kappa shape index (κ2) is 10.2. The van der Waals surface area contributed by atoms with Gasteiger partial charge in [-0.3, -0.25) is 0 Å². The first-order valence-electron chi connectivity index (χ1n) is 7.23. The van der Waals surface area contributed by atoms with Gasteiger partial charge in [0, 0.05) is 0 Å². The topological polar surface area (TPSA) is 166 Å². The Hall–Kier alpha value is -3.62. The number of benzene rings is 2. The van der Waals surface area contributed by atoms with Crippen LogP contribution in [0.2, 0.25) is 0 Å². The van der Waals surface area contributed by atoms with E-state index in [-0.39, 0.29) is 18.0 Å². The van der Waals surface area contributed by atoms with Crippen molar-refractivity contribution in [1.82, 2.24) is 0 Å². The summed E-state index contributed by atoms with van der Waals surface area (Å²) in [7, 11) is 0. The molecule has 9 nitrogen and oxygen atoms in total. The van der Waals surface area contributed by atoms with Crippen LogP contribution in [0.25, 0.3) is 0 Å². The molecule has 132 valence electrons. The van der Waals surface area contributed by atoms with Gasteiger partial charge in [-0.2, -0.15) is 4.99 Å². The average Bonchev–Trinajstić information content (AvgIpc) is 2.55. The highest BCUT2D eigenvalue weighted by Crippen LogP contribution is 2.22. The monoisotopic (exact) mass is 344 g/mol. The molecule has 0 saturated heterocycles. The van der Waals surface area contributed by atoms with Crippen LogP contribution in [0.3, 0.4) is 0 Å². The summed E-state index contributed by atoms with van der Waals surface area (Å²) in [6, 6.07) is 19.9. The van der Waals surface area contributed by atoms with Crippen LogP contribution in [-0.2, 0) is 6.42 Å². The van der Waals surface area contributed by atoms with E-state index in [0.717, 1.165) is 12.0 Å². The number of aliphatic imine (C=N–C) groups is 2. The summed E-state index contributed by atoms with van der Waals surface area (Å²) in [5.41, 5.74) is 18.7. The molecule has 0 amide bonds. The molecule has 2 rings (SSSR count). The van der Waals surface area contributed by atoms with Gasteiger partial charge in [0.1, 0.15) is 0 Å². The molecule has 0 fully saturated rings. The average molecular weight is 344 g/mol. The summed E-state index contributed by atoms with van der Waals surface area (Å²) in [5, 5.41) is 13.6. The Kier molecular flexibility index (Phi) is 7.93. The molecule has 25 heavy (non-hydrogen) atoms. The Labute approximate surface area is 144 Å². The lowest BCUT2D eigenvalue weighted by molar-refractivity contribution is -0.742. The van der Waals surface area contributed by atoms with Gasteiger partial charge in [-0.25, -0.2) is 4.99 Å². The highest BCUT2D eigenvalue weighted by molar-refractivity contribution is 5.92. The lowest BCUT2D eigenvalue weighted by atomic mass is 9.99. The van der Waals surface area contributed by atoms with Crippen molar-refractivity contribution in [3.05, 3.63) is 81.9 Å². The smallest absolute Gasteiger partial charge is 0.291 e. The maximum atomic E-state index is 8.36. The minimum atomic E-state index is -1.50. The van der Waals surface area contributed by atoms with Gasteiger partial charge >= 0.3 is 0 Å². The van der Waals surface area contributed by atoms with E-state index in [0.29, 0.717) is 0 Å². The Balaban J connectivity index is 0.000000705. The van der Waals surface area contributed by atoms with E-state index in [9.17, 15) is 0 Å². The van der Waals surface area contributed by atoms with Crippen LogP contribution < -0.4 is 17.2 Å². The number of nitrogens with zero attached hydrogens (tertiary/aromatic N) is 3. The van der Waals surface area contributed by atoms with E-state index in [1.807, 2.05) is 48.5 Å². The minimum absolute atomic E-state index is 0.0831. The molecule has 0 aliphatic heterocycles. The van der Waals surface area contributed by atoms with Crippen molar-refractivity contribution in [3.8, 4) is 0 Å². The molecular weight excluding hydrogens is 324 g/mol. The lowest BCUT2D eigenvalue weighted by Crippen LogP contribution is -2.26. The zero-order valence-electron chi connectivity index (χ0n) is 13.4. The maximum absolute atomic E-state index is 8.36. The van der Waals surface area contributed by atoms with Gasteiger partial charge in [0.05, 0.1) is 6.04 Å². The predicted octanol–water partition coefficient (Wildman–Crippen LogP) is 1.21. The van der Waals surface area contributed by atoms with E-state index >= 15 is 0 Å².